The maximum absolute atomic E-state index is 12.1. The fourth-order valence-electron chi connectivity index (χ4n) is 1.95. The van der Waals surface area contributed by atoms with Crippen LogP contribution in [0.4, 0.5) is 13.2 Å². The van der Waals surface area contributed by atoms with E-state index in [0.717, 1.165) is 19.3 Å². The maximum atomic E-state index is 12.1. The van der Waals surface area contributed by atoms with Gasteiger partial charge in [-0.15, -0.1) is 0 Å². The minimum atomic E-state index is -4.62. The number of hydrogen-bond donors (Lipinski definition) is 2. The Kier molecular flexibility index (Phi) is 4.58. The van der Waals surface area contributed by atoms with Crippen LogP contribution in [0.5, 0.6) is 0 Å². The summed E-state index contributed by atoms with van der Waals surface area (Å²) in [5, 5.41) is 8.84. The van der Waals surface area contributed by atoms with E-state index in [1.807, 2.05) is 0 Å². The molecular weight excluding hydrogens is 223 g/mol. The van der Waals surface area contributed by atoms with Crippen molar-refractivity contribution in [1.29, 1.82) is 0 Å². The highest BCUT2D eigenvalue weighted by Gasteiger charge is 2.41. The molecule has 1 aliphatic rings. The van der Waals surface area contributed by atoms with Crippen molar-refractivity contribution in [3.8, 4) is 0 Å². The molecule has 1 atom stereocenters. The first kappa shape index (κ1) is 13.7. The second-order valence-corrected chi connectivity index (χ2v) is 4.32. The summed E-state index contributed by atoms with van der Waals surface area (Å²) in [5.74, 6) is 0. The van der Waals surface area contributed by atoms with Gasteiger partial charge in [0.15, 0.2) is 6.10 Å². The first-order chi connectivity index (χ1) is 7.40. The number of nitrogens with two attached hydrogens (primary N) is 1. The fraction of sp³-hybridized carbons (Fsp3) is 1.00. The van der Waals surface area contributed by atoms with Gasteiger partial charge in [0.1, 0.15) is 0 Å². The Morgan fingerprint density at radius 1 is 1.25 bits per heavy atom. The van der Waals surface area contributed by atoms with E-state index in [4.69, 9.17) is 15.6 Å². The molecule has 3 N–H and O–H groups in total. The maximum Gasteiger partial charge on any atom is 0.416 e. The van der Waals surface area contributed by atoms with E-state index in [1.165, 1.54) is 0 Å². The molecule has 96 valence electrons. The normalized spacial score (nSPS) is 23.1. The van der Waals surface area contributed by atoms with E-state index < -0.39 is 24.5 Å². The zero-order chi connectivity index (χ0) is 12.2. The second-order valence-electron chi connectivity index (χ2n) is 4.32. The summed E-state index contributed by atoms with van der Waals surface area (Å²) in [6, 6.07) is 0. The third kappa shape index (κ3) is 3.61. The minimum Gasteiger partial charge on any atom is -0.382 e. The topological polar surface area (TPSA) is 55.5 Å². The molecule has 3 nitrogen and oxygen atoms in total. The molecule has 16 heavy (non-hydrogen) atoms. The van der Waals surface area contributed by atoms with Crippen molar-refractivity contribution in [2.24, 2.45) is 5.73 Å². The SMILES string of the molecule is NCC1(OCC(O)C(F)(F)F)CCCCC1. The van der Waals surface area contributed by atoms with Gasteiger partial charge in [-0.2, -0.15) is 13.2 Å². The number of ether oxygens (including phenoxy) is 1. The number of hydrogen-bond acceptors (Lipinski definition) is 3. The van der Waals surface area contributed by atoms with Crippen LogP contribution in [-0.2, 0) is 4.74 Å². The van der Waals surface area contributed by atoms with Crippen molar-refractivity contribution in [1.82, 2.24) is 0 Å². The van der Waals surface area contributed by atoms with Crippen molar-refractivity contribution in [3.63, 3.8) is 0 Å². The smallest absolute Gasteiger partial charge is 0.382 e. The van der Waals surface area contributed by atoms with Crippen LogP contribution >= 0.6 is 0 Å². The van der Waals surface area contributed by atoms with E-state index in [2.05, 4.69) is 0 Å². The van der Waals surface area contributed by atoms with Gasteiger partial charge in [-0.25, -0.2) is 0 Å². The molecule has 0 bridgehead atoms. The van der Waals surface area contributed by atoms with E-state index >= 15 is 0 Å². The zero-order valence-electron chi connectivity index (χ0n) is 9.09. The Morgan fingerprint density at radius 3 is 2.25 bits per heavy atom. The second kappa shape index (κ2) is 5.33. The molecule has 1 aliphatic carbocycles. The molecule has 0 saturated heterocycles. The highest BCUT2D eigenvalue weighted by atomic mass is 19.4. The number of aliphatic hydroxyl groups is 1. The van der Waals surface area contributed by atoms with E-state index in [9.17, 15) is 13.2 Å². The van der Waals surface area contributed by atoms with Crippen LogP contribution in [0.25, 0.3) is 0 Å². The van der Waals surface area contributed by atoms with Crippen LogP contribution < -0.4 is 5.73 Å². The van der Waals surface area contributed by atoms with Gasteiger partial charge in [0.2, 0.25) is 0 Å². The van der Waals surface area contributed by atoms with Crippen LogP contribution in [0.3, 0.4) is 0 Å². The van der Waals surface area contributed by atoms with Gasteiger partial charge in [-0.3, -0.25) is 0 Å². The standard InChI is InChI=1S/C10H18F3NO2/c11-10(12,13)8(15)6-16-9(7-14)4-2-1-3-5-9/h8,15H,1-7,14H2. The molecule has 1 fully saturated rings. The monoisotopic (exact) mass is 241 g/mol. The van der Waals surface area contributed by atoms with Crippen molar-refractivity contribution in [2.45, 2.75) is 50.0 Å². The molecule has 6 heteroatoms. The average molecular weight is 241 g/mol. The summed E-state index contributed by atoms with van der Waals surface area (Å²) in [5.41, 5.74) is 4.88. The predicted molar refractivity (Wildman–Crippen MR) is 52.9 cm³/mol. The Hall–Kier alpha value is -0.330. The van der Waals surface area contributed by atoms with Gasteiger partial charge in [-0.1, -0.05) is 19.3 Å². The largest absolute Gasteiger partial charge is 0.416 e. The lowest BCUT2D eigenvalue weighted by Gasteiger charge is -2.36. The quantitative estimate of drug-likeness (QED) is 0.785. The molecule has 0 radical (unpaired) electrons. The van der Waals surface area contributed by atoms with Gasteiger partial charge in [0.05, 0.1) is 12.2 Å². The minimum absolute atomic E-state index is 0.206. The summed E-state index contributed by atoms with van der Waals surface area (Å²) >= 11 is 0. The molecule has 1 unspecified atom stereocenters. The summed E-state index contributed by atoms with van der Waals surface area (Å²) in [4.78, 5) is 0. The molecule has 0 amide bonds. The summed E-state index contributed by atoms with van der Waals surface area (Å²) < 4.78 is 41.4. The number of alkyl halides is 3. The number of halogens is 3. The Morgan fingerprint density at radius 2 is 1.81 bits per heavy atom. The third-order valence-electron chi connectivity index (χ3n) is 3.06. The van der Waals surface area contributed by atoms with Crippen molar-refractivity contribution in [2.75, 3.05) is 13.2 Å². The van der Waals surface area contributed by atoms with Gasteiger partial charge < -0.3 is 15.6 Å². The molecule has 0 aromatic carbocycles. The predicted octanol–water partition coefficient (Wildman–Crippen LogP) is 1.59. The van der Waals surface area contributed by atoms with Gasteiger partial charge in [0, 0.05) is 6.54 Å². The van der Waals surface area contributed by atoms with Crippen LogP contribution in [0.1, 0.15) is 32.1 Å². The first-order valence-electron chi connectivity index (χ1n) is 5.48. The van der Waals surface area contributed by atoms with Crippen LogP contribution in [0, 0.1) is 0 Å². The molecular formula is C10H18F3NO2. The Labute approximate surface area is 92.8 Å². The molecule has 1 saturated carbocycles. The van der Waals surface area contributed by atoms with E-state index in [-0.39, 0.29) is 6.54 Å². The molecule has 0 aromatic rings. The van der Waals surface area contributed by atoms with E-state index in [0.29, 0.717) is 12.8 Å². The van der Waals surface area contributed by atoms with Crippen molar-refractivity contribution < 1.29 is 23.0 Å². The number of aliphatic hydroxyl groups excluding tert-OH is 1. The van der Waals surface area contributed by atoms with Crippen LogP contribution in [-0.4, -0.2) is 36.1 Å². The number of rotatable bonds is 4. The van der Waals surface area contributed by atoms with Gasteiger partial charge >= 0.3 is 6.18 Å². The summed E-state index contributed by atoms with van der Waals surface area (Å²) in [6.45, 7) is -0.516. The van der Waals surface area contributed by atoms with Crippen molar-refractivity contribution in [3.05, 3.63) is 0 Å². The first-order valence-corrected chi connectivity index (χ1v) is 5.48. The highest BCUT2D eigenvalue weighted by molar-refractivity contribution is 4.86. The van der Waals surface area contributed by atoms with E-state index in [1.54, 1.807) is 0 Å². The molecule has 0 spiro atoms. The third-order valence-corrected chi connectivity index (χ3v) is 3.06. The molecule has 1 rings (SSSR count). The van der Waals surface area contributed by atoms with Crippen molar-refractivity contribution >= 4 is 0 Å². The highest BCUT2D eigenvalue weighted by Crippen LogP contribution is 2.31. The fourth-order valence-corrected chi connectivity index (χ4v) is 1.95. The molecule has 0 aliphatic heterocycles. The van der Waals surface area contributed by atoms with Crippen LogP contribution in [0.2, 0.25) is 0 Å². The van der Waals surface area contributed by atoms with Crippen LogP contribution in [0.15, 0.2) is 0 Å². The molecule has 0 aromatic heterocycles. The zero-order valence-corrected chi connectivity index (χ0v) is 9.09. The summed E-state index contributed by atoms with van der Waals surface area (Å²) in [7, 11) is 0. The Balaban J connectivity index is 2.45. The average Bonchev–Trinajstić information content (AvgIpc) is 2.26. The summed E-state index contributed by atoms with van der Waals surface area (Å²) in [6.07, 6.45) is -2.80. The lowest BCUT2D eigenvalue weighted by atomic mass is 9.84. The Bertz CT molecular complexity index is 215. The lowest BCUT2D eigenvalue weighted by Crippen LogP contribution is -2.46. The van der Waals surface area contributed by atoms with Gasteiger partial charge in [0.25, 0.3) is 0 Å². The molecule has 0 heterocycles. The van der Waals surface area contributed by atoms with Gasteiger partial charge in [-0.05, 0) is 12.8 Å². The lowest BCUT2D eigenvalue weighted by molar-refractivity contribution is -0.229.